The molecule has 78 valence electrons. The first-order valence-corrected chi connectivity index (χ1v) is 4.99. The summed E-state index contributed by atoms with van der Waals surface area (Å²) in [6.07, 6.45) is 0.933. The molecule has 0 aliphatic rings. The van der Waals surface area contributed by atoms with Gasteiger partial charge in [0, 0.05) is 11.6 Å². The number of hydrogen-bond acceptors (Lipinski definition) is 1. The number of hydrogen-bond donors (Lipinski definition) is 1. The maximum atomic E-state index is 13.4. The third kappa shape index (κ3) is 2.13. The molecule has 0 bridgehead atoms. The van der Waals surface area contributed by atoms with E-state index in [-0.39, 0.29) is 17.3 Å². The number of rotatable bonds is 3. The Bertz CT molecular complexity index is 307. The summed E-state index contributed by atoms with van der Waals surface area (Å²) in [6.45, 7) is 6.19. The van der Waals surface area contributed by atoms with Crippen LogP contribution >= 0.6 is 0 Å². The van der Waals surface area contributed by atoms with Crippen LogP contribution in [0.25, 0.3) is 0 Å². The molecular formula is C12H18FN. The summed E-state index contributed by atoms with van der Waals surface area (Å²) < 4.78 is 13.4. The monoisotopic (exact) mass is 195 g/mol. The minimum atomic E-state index is -0.242. The third-order valence-electron chi connectivity index (χ3n) is 2.99. The molecule has 2 N–H and O–H groups in total. The summed E-state index contributed by atoms with van der Waals surface area (Å²) in [7, 11) is 0. The Labute approximate surface area is 85.1 Å². The van der Waals surface area contributed by atoms with Gasteiger partial charge in [0.1, 0.15) is 5.82 Å². The summed E-state index contributed by atoms with van der Waals surface area (Å²) >= 11 is 0. The smallest absolute Gasteiger partial charge is 0.127 e. The van der Waals surface area contributed by atoms with E-state index >= 15 is 0 Å². The van der Waals surface area contributed by atoms with E-state index in [1.807, 2.05) is 6.07 Å². The maximum absolute atomic E-state index is 13.4. The SMILES string of the molecule is CCC(C)(C)C(N)c1ccccc1F. The molecule has 0 saturated heterocycles. The fourth-order valence-electron chi connectivity index (χ4n) is 1.37. The van der Waals surface area contributed by atoms with Gasteiger partial charge >= 0.3 is 0 Å². The molecule has 0 aliphatic heterocycles. The topological polar surface area (TPSA) is 26.0 Å². The van der Waals surface area contributed by atoms with Gasteiger partial charge in [0.05, 0.1) is 0 Å². The molecule has 0 amide bonds. The minimum absolute atomic E-state index is 0.0673. The van der Waals surface area contributed by atoms with Crippen molar-refractivity contribution in [2.45, 2.75) is 33.2 Å². The van der Waals surface area contributed by atoms with Crippen molar-refractivity contribution in [1.82, 2.24) is 0 Å². The Hall–Kier alpha value is -0.890. The highest BCUT2D eigenvalue weighted by atomic mass is 19.1. The largest absolute Gasteiger partial charge is 0.323 e. The average Bonchev–Trinajstić information content (AvgIpc) is 2.17. The lowest BCUT2D eigenvalue weighted by Crippen LogP contribution is -2.29. The van der Waals surface area contributed by atoms with Crippen LogP contribution in [0.2, 0.25) is 0 Å². The fourth-order valence-corrected chi connectivity index (χ4v) is 1.37. The molecule has 0 aromatic heterocycles. The van der Waals surface area contributed by atoms with Crippen LogP contribution in [0, 0.1) is 11.2 Å². The number of nitrogens with two attached hydrogens (primary N) is 1. The predicted molar refractivity (Wildman–Crippen MR) is 57.4 cm³/mol. The van der Waals surface area contributed by atoms with Gasteiger partial charge in [-0.15, -0.1) is 0 Å². The van der Waals surface area contributed by atoms with Crippen molar-refractivity contribution in [3.63, 3.8) is 0 Å². The Kier molecular flexibility index (Phi) is 3.27. The van der Waals surface area contributed by atoms with Gasteiger partial charge in [-0.2, -0.15) is 0 Å². The molecule has 1 aromatic carbocycles. The quantitative estimate of drug-likeness (QED) is 0.787. The van der Waals surface area contributed by atoms with Gasteiger partial charge in [-0.3, -0.25) is 0 Å². The summed E-state index contributed by atoms with van der Waals surface area (Å²) in [5.74, 6) is -0.207. The molecule has 0 radical (unpaired) electrons. The van der Waals surface area contributed by atoms with Crippen molar-refractivity contribution in [3.05, 3.63) is 35.6 Å². The molecule has 0 aliphatic carbocycles. The van der Waals surface area contributed by atoms with Gasteiger partial charge in [0.25, 0.3) is 0 Å². The second kappa shape index (κ2) is 4.09. The van der Waals surface area contributed by atoms with E-state index in [9.17, 15) is 4.39 Å². The number of halogens is 1. The average molecular weight is 195 g/mol. The van der Waals surface area contributed by atoms with Crippen LogP contribution in [-0.4, -0.2) is 0 Å². The molecule has 14 heavy (non-hydrogen) atoms. The molecule has 0 saturated carbocycles. The normalized spacial score (nSPS) is 14.1. The summed E-state index contributed by atoms with van der Waals surface area (Å²) in [5, 5.41) is 0. The van der Waals surface area contributed by atoms with Crippen molar-refractivity contribution in [3.8, 4) is 0 Å². The minimum Gasteiger partial charge on any atom is -0.323 e. The second-order valence-corrected chi connectivity index (χ2v) is 4.34. The first-order valence-electron chi connectivity index (χ1n) is 4.99. The first kappa shape index (κ1) is 11.2. The third-order valence-corrected chi connectivity index (χ3v) is 2.99. The van der Waals surface area contributed by atoms with Crippen molar-refractivity contribution < 1.29 is 4.39 Å². The Morgan fingerprint density at radius 2 is 1.93 bits per heavy atom. The highest BCUT2D eigenvalue weighted by Crippen LogP contribution is 2.34. The van der Waals surface area contributed by atoms with Crippen LogP contribution < -0.4 is 5.73 Å². The second-order valence-electron chi connectivity index (χ2n) is 4.34. The predicted octanol–water partition coefficient (Wildman–Crippen LogP) is 3.26. The van der Waals surface area contributed by atoms with Gasteiger partial charge in [-0.1, -0.05) is 39.0 Å². The molecule has 1 aromatic rings. The van der Waals surface area contributed by atoms with Crippen molar-refractivity contribution in [1.29, 1.82) is 0 Å². The first-order chi connectivity index (χ1) is 6.49. The van der Waals surface area contributed by atoms with E-state index in [1.165, 1.54) is 6.07 Å². The summed E-state index contributed by atoms with van der Waals surface area (Å²) in [5.41, 5.74) is 6.59. The van der Waals surface area contributed by atoms with Crippen LogP contribution in [0.5, 0.6) is 0 Å². The fraction of sp³-hybridized carbons (Fsp3) is 0.500. The van der Waals surface area contributed by atoms with Crippen molar-refractivity contribution in [2.24, 2.45) is 11.1 Å². The zero-order valence-corrected chi connectivity index (χ0v) is 9.05. The molecule has 0 spiro atoms. The molecule has 1 atom stereocenters. The van der Waals surface area contributed by atoms with E-state index in [0.29, 0.717) is 5.56 Å². The summed E-state index contributed by atoms with van der Waals surface area (Å²) in [4.78, 5) is 0. The van der Waals surface area contributed by atoms with Crippen molar-refractivity contribution >= 4 is 0 Å². The van der Waals surface area contributed by atoms with E-state index in [2.05, 4.69) is 20.8 Å². The van der Waals surface area contributed by atoms with Crippen LogP contribution in [0.1, 0.15) is 38.8 Å². The summed E-state index contributed by atoms with van der Waals surface area (Å²) in [6, 6.07) is 6.49. The molecule has 2 heteroatoms. The standard InChI is InChI=1S/C12H18FN/c1-4-12(2,3)11(14)9-7-5-6-8-10(9)13/h5-8,11H,4,14H2,1-3H3. The molecule has 1 unspecified atom stereocenters. The van der Waals surface area contributed by atoms with Gasteiger partial charge in [0.2, 0.25) is 0 Å². The van der Waals surface area contributed by atoms with E-state index in [4.69, 9.17) is 5.73 Å². The van der Waals surface area contributed by atoms with Gasteiger partial charge < -0.3 is 5.73 Å². The zero-order valence-electron chi connectivity index (χ0n) is 9.05. The highest BCUT2D eigenvalue weighted by Gasteiger charge is 2.27. The van der Waals surface area contributed by atoms with Crippen LogP contribution in [0.15, 0.2) is 24.3 Å². The molecular weight excluding hydrogens is 177 g/mol. The number of benzene rings is 1. The molecule has 1 nitrogen and oxygen atoms in total. The molecule has 1 rings (SSSR count). The Morgan fingerprint density at radius 1 is 1.36 bits per heavy atom. The maximum Gasteiger partial charge on any atom is 0.127 e. The van der Waals surface area contributed by atoms with Crippen LogP contribution in [0.3, 0.4) is 0 Å². The van der Waals surface area contributed by atoms with Crippen LogP contribution in [-0.2, 0) is 0 Å². The van der Waals surface area contributed by atoms with Crippen LogP contribution in [0.4, 0.5) is 4.39 Å². The van der Waals surface area contributed by atoms with Gasteiger partial charge in [-0.05, 0) is 17.9 Å². The zero-order chi connectivity index (χ0) is 10.8. The molecule has 0 heterocycles. The lowest BCUT2D eigenvalue weighted by molar-refractivity contribution is 0.273. The van der Waals surface area contributed by atoms with E-state index in [0.717, 1.165) is 6.42 Å². The Morgan fingerprint density at radius 3 is 2.43 bits per heavy atom. The van der Waals surface area contributed by atoms with Crippen molar-refractivity contribution in [2.75, 3.05) is 0 Å². The van der Waals surface area contributed by atoms with E-state index in [1.54, 1.807) is 12.1 Å². The highest BCUT2D eigenvalue weighted by molar-refractivity contribution is 5.22. The van der Waals surface area contributed by atoms with Gasteiger partial charge in [-0.25, -0.2) is 4.39 Å². The van der Waals surface area contributed by atoms with E-state index < -0.39 is 0 Å². The van der Waals surface area contributed by atoms with Gasteiger partial charge in [0.15, 0.2) is 0 Å². The molecule has 0 fully saturated rings. The Balaban J connectivity index is 3.00. The lowest BCUT2D eigenvalue weighted by Gasteiger charge is -2.30. The lowest BCUT2D eigenvalue weighted by atomic mass is 9.79.